The van der Waals surface area contributed by atoms with E-state index in [4.69, 9.17) is 4.74 Å². The summed E-state index contributed by atoms with van der Waals surface area (Å²) in [5.74, 6) is -0.0277. The normalized spacial score (nSPS) is 28.2. The van der Waals surface area contributed by atoms with Crippen LogP contribution >= 0.6 is 22.6 Å². The van der Waals surface area contributed by atoms with Gasteiger partial charge in [-0.25, -0.2) is 0 Å². The van der Waals surface area contributed by atoms with E-state index in [0.717, 1.165) is 12.8 Å². The van der Waals surface area contributed by atoms with Gasteiger partial charge in [0.25, 0.3) is 0 Å². The summed E-state index contributed by atoms with van der Waals surface area (Å²) in [4.78, 5) is 10.6. The maximum Gasteiger partial charge on any atom is 0.306 e. The zero-order chi connectivity index (χ0) is 7.56. The van der Waals surface area contributed by atoms with Crippen molar-refractivity contribution in [2.24, 2.45) is 0 Å². The number of esters is 1. The van der Waals surface area contributed by atoms with E-state index in [-0.39, 0.29) is 12.1 Å². The molecule has 1 aliphatic heterocycles. The van der Waals surface area contributed by atoms with Crippen LogP contribution in [0.2, 0.25) is 0 Å². The van der Waals surface area contributed by atoms with Crippen LogP contribution in [0, 0.1) is 0 Å². The summed E-state index contributed by atoms with van der Waals surface area (Å²) in [7, 11) is 0. The number of carbonyl (C=O) groups is 1. The molecule has 0 saturated carbocycles. The lowest BCUT2D eigenvalue weighted by Gasteiger charge is -2.13. The second-order valence-corrected chi connectivity index (χ2v) is 4.09. The van der Waals surface area contributed by atoms with E-state index in [1.807, 2.05) is 0 Å². The Morgan fingerprint density at radius 3 is 3.00 bits per heavy atom. The van der Waals surface area contributed by atoms with Gasteiger partial charge >= 0.3 is 5.97 Å². The summed E-state index contributed by atoms with van der Waals surface area (Å²) in [5, 5.41) is 0. The summed E-state index contributed by atoms with van der Waals surface area (Å²) in [6.07, 6.45) is 2.81. The van der Waals surface area contributed by atoms with Crippen molar-refractivity contribution in [2.45, 2.75) is 36.2 Å². The average molecular weight is 254 g/mol. The molecule has 1 fully saturated rings. The van der Waals surface area contributed by atoms with Crippen LogP contribution in [0.5, 0.6) is 0 Å². The number of cyclic esters (lactones) is 1. The van der Waals surface area contributed by atoms with Gasteiger partial charge in [-0.05, 0) is 12.8 Å². The molecule has 3 heteroatoms. The zero-order valence-electron chi connectivity index (χ0n) is 5.97. The van der Waals surface area contributed by atoms with Crippen molar-refractivity contribution >= 4 is 28.6 Å². The summed E-state index contributed by atoms with van der Waals surface area (Å²) < 4.78 is 5.57. The third-order valence-corrected chi connectivity index (χ3v) is 3.39. The third-order valence-electron chi connectivity index (χ3n) is 1.71. The van der Waals surface area contributed by atoms with Gasteiger partial charge in [0, 0.05) is 10.3 Å². The molecule has 0 radical (unpaired) electrons. The molecule has 58 valence electrons. The maximum absolute atomic E-state index is 10.6. The second kappa shape index (κ2) is 3.55. The first-order valence-electron chi connectivity index (χ1n) is 3.57. The summed E-state index contributed by atoms with van der Waals surface area (Å²) in [6, 6.07) is 0. The number of hydrogen-bond acceptors (Lipinski definition) is 2. The fourth-order valence-corrected chi connectivity index (χ4v) is 1.57. The van der Waals surface area contributed by atoms with Crippen molar-refractivity contribution in [1.29, 1.82) is 0 Å². The molecule has 2 atom stereocenters. The summed E-state index contributed by atoms with van der Waals surface area (Å²) in [6.45, 7) is 2.11. The van der Waals surface area contributed by atoms with Gasteiger partial charge in [-0.3, -0.25) is 4.79 Å². The van der Waals surface area contributed by atoms with Crippen LogP contribution in [0.25, 0.3) is 0 Å². The molecule has 0 aromatic heterocycles. The summed E-state index contributed by atoms with van der Waals surface area (Å²) in [5.41, 5.74) is 0. The van der Waals surface area contributed by atoms with Gasteiger partial charge in [-0.1, -0.05) is 29.5 Å². The molecule has 1 heterocycles. The van der Waals surface area contributed by atoms with Crippen LogP contribution in [0.1, 0.15) is 26.2 Å². The maximum atomic E-state index is 10.6. The Morgan fingerprint density at radius 1 is 1.90 bits per heavy atom. The van der Waals surface area contributed by atoms with Crippen LogP contribution in [-0.2, 0) is 9.53 Å². The van der Waals surface area contributed by atoms with Gasteiger partial charge in [0.2, 0.25) is 0 Å². The molecule has 2 nitrogen and oxygen atoms in total. The van der Waals surface area contributed by atoms with E-state index in [1.54, 1.807) is 0 Å². The van der Waals surface area contributed by atoms with Crippen LogP contribution in [0.4, 0.5) is 0 Å². The van der Waals surface area contributed by atoms with Crippen molar-refractivity contribution in [1.82, 2.24) is 0 Å². The molecule has 0 amide bonds. The lowest BCUT2D eigenvalue weighted by atomic mass is 10.1. The first-order chi connectivity index (χ1) is 4.74. The fraction of sp³-hybridized carbons (Fsp3) is 0.857. The topological polar surface area (TPSA) is 26.3 Å². The highest BCUT2D eigenvalue weighted by molar-refractivity contribution is 14.1. The predicted octanol–water partition coefficient (Wildman–Crippen LogP) is 1.91. The van der Waals surface area contributed by atoms with Crippen LogP contribution < -0.4 is 0 Å². The van der Waals surface area contributed by atoms with Crippen molar-refractivity contribution < 1.29 is 9.53 Å². The molecule has 0 aromatic carbocycles. The minimum absolute atomic E-state index is 0.0277. The number of ether oxygens (including phenoxy) is 1. The van der Waals surface area contributed by atoms with E-state index in [2.05, 4.69) is 29.5 Å². The minimum atomic E-state index is -0.0277. The molecular formula is C7H11IO2. The lowest BCUT2D eigenvalue weighted by Crippen LogP contribution is -2.18. The molecule has 1 saturated heterocycles. The Morgan fingerprint density at radius 2 is 2.60 bits per heavy atom. The van der Waals surface area contributed by atoms with E-state index in [1.165, 1.54) is 0 Å². The zero-order valence-corrected chi connectivity index (χ0v) is 8.13. The molecule has 0 spiro atoms. The fourth-order valence-electron chi connectivity index (χ4n) is 1.06. The highest BCUT2D eigenvalue weighted by Gasteiger charge is 2.27. The van der Waals surface area contributed by atoms with Gasteiger partial charge in [0.1, 0.15) is 6.10 Å². The van der Waals surface area contributed by atoms with Crippen LogP contribution in [0.15, 0.2) is 0 Å². The van der Waals surface area contributed by atoms with Crippen molar-refractivity contribution in [3.8, 4) is 0 Å². The molecule has 0 aliphatic carbocycles. The van der Waals surface area contributed by atoms with Gasteiger partial charge in [0.05, 0.1) is 0 Å². The molecule has 10 heavy (non-hydrogen) atoms. The smallest absolute Gasteiger partial charge is 0.306 e. The van der Waals surface area contributed by atoms with Gasteiger partial charge in [-0.15, -0.1) is 0 Å². The Balaban J connectivity index is 2.36. The van der Waals surface area contributed by atoms with Gasteiger partial charge < -0.3 is 4.74 Å². The Bertz CT molecular complexity index is 136. The number of halogens is 1. The monoisotopic (exact) mass is 254 g/mol. The molecule has 0 N–H and O–H groups in total. The Kier molecular flexibility index (Phi) is 2.95. The minimum Gasteiger partial charge on any atom is -0.461 e. The number of carbonyl (C=O) groups excluding carboxylic acids is 1. The highest BCUT2D eigenvalue weighted by atomic mass is 127. The van der Waals surface area contributed by atoms with Gasteiger partial charge in [0.15, 0.2) is 0 Å². The van der Waals surface area contributed by atoms with E-state index >= 15 is 0 Å². The van der Waals surface area contributed by atoms with Crippen molar-refractivity contribution in [2.75, 3.05) is 0 Å². The highest BCUT2D eigenvalue weighted by Crippen LogP contribution is 2.23. The van der Waals surface area contributed by atoms with Crippen molar-refractivity contribution in [3.63, 3.8) is 0 Å². The van der Waals surface area contributed by atoms with Crippen molar-refractivity contribution in [3.05, 3.63) is 0 Å². The van der Waals surface area contributed by atoms with E-state index in [0.29, 0.717) is 10.3 Å². The first-order valence-corrected chi connectivity index (χ1v) is 4.82. The molecule has 1 aliphatic rings. The second-order valence-electron chi connectivity index (χ2n) is 2.49. The molecule has 0 bridgehead atoms. The van der Waals surface area contributed by atoms with Crippen LogP contribution in [-0.4, -0.2) is 16.0 Å². The third kappa shape index (κ3) is 1.84. The quantitative estimate of drug-likeness (QED) is 0.427. The standard InChI is InChI=1S/C7H11IO2/c1-2-5(8)6-3-4-7(9)10-6/h5-6H,2-4H2,1H3. The predicted molar refractivity (Wildman–Crippen MR) is 47.2 cm³/mol. The first kappa shape index (κ1) is 8.30. The Hall–Kier alpha value is 0.200. The number of alkyl halides is 1. The van der Waals surface area contributed by atoms with Crippen LogP contribution in [0.3, 0.4) is 0 Å². The van der Waals surface area contributed by atoms with E-state index in [9.17, 15) is 4.79 Å². The largest absolute Gasteiger partial charge is 0.461 e. The molecular weight excluding hydrogens is 243 g/mol. The molecule has 0 aromatic rings. The number of hydrogen-bond donors (Lipinski definition) is 0. The molecule has 1 rings (SSSR count). The number of rotatable bonds is 2. The molecule has 2 unspecified atom stereocenters. The SMILES string of the molecule is CCC(I)C1CCC(=O)O1. The van der Waals surface area contributed by atoms with E-state index < -0.39 is 0 Å². The average Bonchev–Trinajstić information content (AvgIpc) is 2.34. The van der Waals surface area contributed by atoms with Gasteiger partial charge in [-0.2, -0.15) is 0 Å². The Labute approximate surface area is 74.5 Å². The lowest BCUT2D eigenvalue weighted by molar-refractivity contribution is -0.141. The summed E-state index contributed by atoms with van der Waals surface area (Å²) >= 11 is 2.34.